The van der Waals surface area contributed by atoms with Gasteiger partial charge in [0.25, 0.3) is 5.91 Å². The fraction of sp³-hybridized carbons (Fsp3) is 0.333. The second-order valence-electron chi connectivity index (χ2n) is 7.93. The monoisotopic (exact) mass is 423 g/mol. The van der Waals surface area contributed by atoms with Crippen molar-refractivity contribution in [2.45, 2.75) is 25.8 Å². The average Bonchev–Trinajstić information content (AvgIpc) is 3.16. The highest BCUT2D eigenvalue weighted by molar-refractivity contribution is 7.17. The topological polar surface area (TPSA) is 89.5 Å². The molecule has 0 fully saturated rings. The van der Waals surface area contributed by atoms with Crippen LogP contribution in [-0.4, -0.2) is 46.7 Å². The number of nitrogens with one attached hydrogen (secondary N) is 1. The first kappa shape index (κ1) is 18.8. The fourth-order valence-corrected chi connectivity index (χ4v) is 4.76. The molecule has 0 saturated heterocycles. The van der Waals surface area contributed by atoms with Gasteiger partial charge < -0.3 is 19.7 Å². The predicted octanol–water partition coefficient (Wildman–Crippen LogP) is 3.20. The summed E-state index contributed by atoms with van der Waals surface area (Å²) in [6, 6.07) is 6.31. The molecule has 8 nitrogen and oxygen atoms in total. The summed E-state index contributed by atoms with van der Waals surface area (Å²) >= 11 is 1.43. The molecular weight excluding hydrogens is 402 g/mol. The minimum Gasteiger partial charge on any atom is -0.490 e. The molecule has 0 saturated carbocycles. The summed E-state index contributed by atoms with van der Waals surface area (Å²) in [6.45, 7) is 5.24. The zero-order chi connectivity index (χ0) is 20.9. The van der Waals surface area contributed by atoms with Crippen LogP contribution in [0.1, 0.15) is 29.2 Å². The van der Waals surface area contributed by atoms with Crippen molar-refractivity contribution >= 4 is 28.1 Å². The first-order valence-electron chi connectivity index (χ1n) is 9.66. The lowest BCUT2D eigenvalue weighted by Gasteiger charge is -2.29. The summed E-state index contributed by atoms with van der Waals surface area (Å²) in [5.74, 6) is 0.736. The van der Waals surface area contributed by atoms with Crippen molar-refractivity contribution in [3.05, 3.63) is 41.2 Å². The van der Waals surface area contributed by atoms with Crippen molar-refractivity contribution in [3.8, 4) is 22.9 Å². The molecule has 0 bridgehead atoms. The number of nitrogens with zero attached hydrogens (tertiary/aromatic N) is 4. The van der Waals surface area contributed by atoms with Gasteiger partial charge in [-0.15, -0.1) is 0 Å². The average molecular weight is 423 g/mol. The molecule has 2 aliphatic rings. The van der Waals surface area contributed by atoms with Crippen LogP contribution in [-0.2, 0) is 6.42 Å². The second kappa shape index (κ2) is 6.94. The number of amides is 1. The zero-order valence-electron chi connectivity index (χ0n) is 16.9. The largest absolute Gasteiger partial charge is 0.490 e. The number of methoxy groups -OCH3 is 1. The van der Waals surface area contributed by atoms with Crippen LogP contribution in [0.2, 0.25) is 0 Å². The third-order valence-electron chi connectivity index (χ3n) is 5.15. The Balaban J connectivity index is 1.53. The highest BCUT2D eigenvalue weighted by Crippen LogP contribution is 2.42. The SMILES string of the molecule is COc1ncc(-c2ccc3c(c2)N(c2nc4c(s2)C(=O)NC(C)(C)C4)CCO3)cn1. The van der Waals surface area contributed by atoms with Gasteiger partial charge in [-0.1, -0.05) is 17.4 Å². The van der Waals surface area contributed by atoms with Gasteiger partial charge in [0.05, 0.1) is 25.0 Å². The summed E-state index contributed by atoms with van der Waals surface area (Å²) in [5, 5.41) is 3.86. The van der Waals surface area contributed by atoms with Crippen LogP contribution >= 0.6 is 11.3 Å². The van der Waals surface area contributed by atoms with Gasteiger partial charge in [0.15, 0.2) is 5.13 Å². The van der Waals surface area contributed by atoms with E-state index < -0.39 is 0 Å². The van der Waals surface area contributed by atoms with Crippen LogP contribution in [0.4, 0.5) is 10.8 Å². The van der Waals surface area contributed by atoms with E-state index >= 15 is 0 Å². The summed E-state index contributed by atoms with van der Waals surface area (Å²) in [5.41, 5.74) is 3.33. The number of benzene rings is 1. The molecule has 0 radical (unpaired) electrons. The Hall–Kier alpha value is -3.20. The number of fused-ring (bicyclic) bond motifs is 2. The lowest BCUT2D eigenvalue weighted by atomic mass is 9.94. The number of carbonyl (C=O) groups excluding carboxylic acids is 1. The molecule has 154 valence electrons. The number of hydrogen-bond donors (Lipinski definition) is 1. The Kier molecular flexibility index (Phi) is 4.35. The molecule has 1 aromatic carbocycles. The maximum absolute atomic E-state index is 12.5. The molecule has 0 aliphatic carbocycles. The second-order valence-corrected chi connectivity index (χ2v) is 8.91. The van der Waals surface area contributed by atoms with Crippen molar-refractivity contribution < 1.29 is 14.3 Å². The van der Waals surface area contributed by atoms with Gasteiger partial charge in [-0.05, 0) is 31.5 Å². The Morgan fingerprint density at radius 3 is 2.80 bits per heavy atom. The predicted molar refractivity (Wildman–Crippen MR) is 114 cm³/mol. The first-order valence-corrected chi connectivity index (χ1v) is 10.5. The van der Waals surface area contributed by atoms with Crippen LogP contribution in [0.25, 0.3) is 11.1 Å². The van der Waals surface area contributed by atoms with E-state index in [2.05, 4.69) is 20.2 Å². The Morgan fingerprint density at radius 1 is 1.23 bits per heavy atom. The minimum atomic E-state index is -0.292. The molecular formula is C21H21N5O3S. The van der Waals surface area contributed by atoms with Crippen molar-refractivity contribution in [1.82, 2.24) is 20.3 Å². The number of thiazole rings is 1. The lowest BCUT2D eigenvalue weighted by molar-refractivity contribution is 0.0901. The quantitative estimate of drug-likeness (QED) is 0.692. The van der Waals surface area contributed by atoms with Gasteiger partial charge in [-0.25, -0.2) is 15.0 Å². The molecule has 1 N–H and O–H groups in total. The summed E-state index contributed by atoms with van der Waals surface area (Å²) in [6.07, 6.45) is 4.18. The molecule has 0 unspecified atom stereocenters. The van der Waals surface area contributed by atoms with Crippen molar-refractivity contribution in [2.75, 3.05) is 25.2 Å². The number of ether oxygens (including phenoxy) is 2. The van der Waals surface area contributed by atoms with E-state index in [9.17, 15) is 4.79 Å². The first-order chi connectivity index (χ1) is 14.4. The van der Waals surface area contributed by atoms with E-state index in [-0.39, 0.29) is 11.4 Å². The minimum absolute atomic E-state index is 0.0531. The van der Waals surface area contributed by atoms with Gasteiger partial charge in [-0.3, -0.25) is 4.79 Å². The molecule has 5 rings (SSSR count). The zero-order valence-corrected chi connectivity index (χ0v) is 17.7. The number of aromatic nitrogens is 3. The van der Waals surface area contributed by atoms with E-state index in [4.69, 9.17) is 14.5 Å². The van der Waals surface area contributed by atoms with Crippen LogP contribution < -0.4 is 19.7 Å². The van der Waals surface area contributed by atoms with E-state index in [0.717, 1.165) is 33.4 Å². The van der Waals surface area contributed by atoms with Gasteiger partial charge in [-0.2, -0.15) is 0 Å². The Bertz CT molecular complexity index is 1130. The van der Waals surface area contributed by atoms with E-state index in [1.165, 1.54) is 18.4 Å². The Morgan fingerprint density at radius 2 is 2.03 bits per heavy atom. The molecule has 9 heteroatoms. The fourth-order valence-electron chi connectivity index (χ4n) is 3.75. The number of rotatable bonds is 3. The summed E-state index contributed by atoms with van der Waals surface area (Å²) in [7, 11) is 1.54. The summed E-state index contributed by atoms with van der Waals surface area (Å²) in [4.78, 5) is 28.6. The van der Waals surface area contributed by atoms with Crippen LogP contribution in [0.15, 0.2) is 30.6 Å². The van der Waals surface area contributed by atoms with Gasteiger partial charge in [0.2, 0.25) is 0 Å². The highest BCUT2D eigenvalue weighted by atomic mass is 32.1. The molecule has 0 spiro atoms. The number of hydrogen-bond acceptors (Lipinski definition) is 8. The summed E-state index contributed by atoms with van der Waals surface area (Å²) < 4.78 is 10.9. The number of carbonyl (C=O) groups is 1. The smallest absolute Gasteiger partial charge is 0.316 e. The molecule has 1 amide bonds. The van der Waals surface area contributed by atoms with E-state index in [0.29, 0.717) is 30.5 Å². The van der Waals surface area contributed by atoms with Crippen LogP contribution in [0, 0.1) is 0 Å². The lowest BCUT2D eigenvalue weighted by Crippen LogP contribution is -2.48. The highest BCUT2D eigenvalue weighted by Gasteiger charge is 2.34. The van der Waals surface area contributed by atoms with E-state index in [1.807, 2.05) is 32.0 Å². The Labute approximate surface area is 177 Å². The van der Waals surface area contributed by atoms with Crippen LogP contribution in [0.5, 0.6) is 11.8 Å². The molecule has 3 aromatic rings. The maximum atomic E-state index is 12.5. The van der Waals surface area contributed by atoms with Crippen molar-refractivity contribution in [2.24, 2.45) is 0 Å². The van der Waals surface area contributed by atoms with E-state index in [1.54, 1.807) is 12.4 Å². The van der Waals surface area contributed by atoms with Gasteiger partial charge in [0, 0.05) is 29.9 Å². The van der Waals surface area contributed by atoms with Crippen LogP contribution in [0.3, 0.4) is 0 Å². The van der Waals surface area contributed by atoms with Crippen molar-refractivity contribution in [3.63, 3.8) is 0 Å². The standard InChI is InChI=1S/C21H21N5O3S/c1-21(2)9-14-17(18(27)25-21)30-20(24-14)26-6-7-29-16-5-4-12(8-15(16)26)13-10-22-19(28-3)23-11-13/h4-5,8,10-11H,6-7,9H2,1-3H3,(H,25,27). The molecule has 0 atom stereocenters. The number of anilines is 2. The third-order valence-corrected chi connectivity index (χ3v) is 6.27. The molecule has 4 heterocycles. The third kappa shape index (κ3) is 3.24. The normalized spacial score (nSPS) is 16.9. The molecule has 30 heavy (non-hydrogen) atoms. The molecule has 2 aliphatic heterocycles. The maximum Gasteiger partial charge on any atom is 0.316 e. The molecule has 2 aromatic heterocycles. The van der Waals surface area contributed by atoms with Gasteiger partial charge in [0.1, 0.15) is 17.2 Å². The van der Waals surface area contributed by atoms with Crippen molar-refractivity contribution in [1.29, 1.82) is 0 Å². The van der Waals surface area contributed by atoms with Gasteiger partial charge >= 0.3 is 6.01 Å².